The molecule has 1 saturated heterocycles. The topological polar surface area (TPSA) is 27.1 Å². The van der Waals surface area contributed by atoms with Crippen molar-refractivity contribution in [1.82, 2.24) is 18.5 Å². The van der Waals surface area contributed by atoms with E-state index in [1.807, 2.05) is 20.0 Å². The van der Waals surface area contributed by atoms with Crippen LogP contribution in [0.5, 0.6) is 11.5 Å². The van der Waals surface area contributed by atoms with Gasteiger partial charge in [-0.25, -0.2) is 4.98 Å². The minimum atomic E-state index is -0.864. The highest BCUT2D eigenvalue weighted by atomic mass is 16.5. The van der Waals surface area contributed by atoms with Crippen molar-refractivity contribution in [3.8, 4) is 50.7 Å². The summed E-state index contributed by atoms with van der Waals surface area (Å²) in [6.07, 6.45) is 1.94. The molecule has 3 aliphatic heterocycles. The van der Waals surface area contributed by atoms with Crippen LogP contribution in [-0.4, -0.2) is 16.2 Å². The molecule has 5 heteroatoms. The molecule has 2 aromatic heterocycles. The summed E-state index contributed by atoms with van der Waals surface area (Å²) >= 11 is 0. The molecule has 0 radical (unpaired) electrons. The van der Waals surface area contributed by atoms with Crippen molar-refractivity contribution in [2.24, 2.45) is 0 Å². The molecule has 3 aliphatic rings. The second-order valence-electron chi connectivity index (χ2n) is 21.9. The van der Waals surface area contributed by atoms with Crippen molar-refractivity contribution in [3.05, 3.63) is 224 Å². The van der Waals surface area contributed by atoms with Gasteiger partial charge >= 0.3 is 0 Å². The first kappa shape index (κ1) is 43.5. The summed E-state index contributed by atoms with van der Waals surface area (Å²) in [6.45, 7) is 20.9. The fourth-order valence-electron chi connectivity index (χ4n) is 11.4. The molecule has 5 nitrogen and oxygen atoms in total. The molecule has 10 aromatic rings. The fraction of sp³-hybridized carbons (Fsp3) is 0.182. The predicted octanol–water partition coefficient (Wildman–Crippen LogP) is 18.1. The number of hydrogen-bond acceptors (Lipinski definition) is 2. The lowest BCUT2D eigenvalue weighted by atomic mass is 9.86. The van der Waals surface area contributed by atoms with Crippen LogP contribution in [0.25, 0.3) is 61.0 Å². The smallest absolute Gasteiger partial charge is 0.186 e. The number of aromatic nitrogens is 2. The van der Waals surface area contributed by atoms with Gasteiger partial charge in [0.05, 0.1) is 17.7 Å². The average molecular weight is 927 g/mol. The molecule has 13 rings (SSSR count). The number of hydrogen-bond donors (Lipinski definition) is 0. The van der Waals surface area contributed by atoms with Crippen LogP contribution in [0.3, 0.4) is 0 Å². The third-order valence-electron chi connectivity index (χ3n) is 15.0. The number of rotatable bonds is 9. The molecule has 0 saturated carbocycles. The van der Waals surface area contributed by atoms with Gasteiger partial charge in [-0.05, 0) is 105 Å². The summed E-state index contributed by atoms with van der Waals surface area (Å²) in [6, 6.07) is 70.1. The highest BCUT2D eigenvalue weighted by Crippen LogP contribution is 2.69. The van der Waals surface area contributed by atoms with E-state index < -0.39 is 5.89 Å². The first-order chi connectivity index (χ1) is 34.5. The lowest BCUT2D eigenvalue weighted by molar-refractivity contribution is 0.187. The Morgan fingerprint density at radius 2 is 1.17 bits per heavy atom. The number of para-hydroxylation sites is 2. The number of fused-ring (bicyclic) bond motifs is 3. The zero-order valence-corrected chi connectivity index (χ0v) is 42.0. The molecule has 0 unspecified atom stereocenters. The van der Waals surface area contributed by atoms with Gasteiger partial charge in [-0.15, -0.1) is 0 Å². The minimum Gasteiger partial charge on any atom is -0.457 e. The Kier molecular flexibility index (Phi) is 10.1. The highest BCUT2D eigenvalue weighted by Gasteiger charge is 2.65. The van der Waals surface area contributed by atoms with E-state index in [4.69, 9.17) is 9.72 Å². The van der Waals surface area contributed by atoms with Crippen LogP contribution in [0, 0.1) is 6.67 Å². The zero-order valence-electron chi connectivity index (χ0n) is 43.0. The second kappa shape index (κ2) is 16.5. The maximum Gasteiger partial charge on any atom is 0.186 e. The van der Waals surface area contributed by atoms with E-state index in [9.17, 15) is 1.37 Å². The maximum atomic E-state index is 9.67. The van der Waals surface area contributed by atoms with Gasteiger partial charge in [0.15, 0.2) is 18.0 Å². The van der Waals surface area contributed by atoms with E-state index >= 15 is 0 Å². The number of quaternary nitrogens is 2. The average Bonchev–Trinajstić information content (AvgIpc) is 3.97. The first-order valence-corrected chi connectivity index (χ1v) is 25.0. The van der Waals surface area contributed by atoms with Gasteiger partial charge in [-0.3, -0.25) is 13.5 Å². The summed E-state index contributed by atoms with van der Waals surface area (Å²) in [5.74, 6) is 1.55. The number of benzene rings is 8. The Labute approximate surface area is 420 Å². The number of pyridine rings is 1. The van der Waals surface area contributed by atoms with E-state index in [2.05, 4.69) is 247 Å². The van der Waals surface area contributed by atoms with Crippen molar-refractivity contribution in [2.75, 3.05) is 6.67 Å². The van der Waals surface area contributed by atoms with Gasteiger partial charge in [0, 0.05) is 59.3 Å². The molecular weight excluding hydrogens is 865 g/mol. The Balaban J connectivity index is 1.03. The zero-order chi connectivity index (χ0) is 49.8. The Morgan fingerprint density at radius 1 is 0.535 bits per heavy atom. The van der Waals surface area contributed by atoms with E-state index in [1.54, 1.807) is 0 Å². The van der Waals surface area contributed by atoms with Crippen LogP contribution >= 0.6 is 0 Å². The Morgan fingerprint density at radius 3 is 1.80 bits per heavy atom. The van der Waals surface area contributed by atoms with Gasteiger partial charge in [0.25, 0.3) is 0 Å². The fourth-order valence-corrected chi connectivity index (χ4v) is 11.4. The summed E-state index contributed by atoms with van der Waals surface area (Å²) in [5, 5.41) is 2.30. The molecular formula is C66H61N4O+. The van der Waals surface area contributed by atoms with E-state index in [-0.39, 0.29) is 10.8 Å². The third kappa shape index (κ3) is 7.32. The van der Waals surface area contributed by atoms with Gasteiger partial charge in [-0.1, -0.05) is 171 Å². The molecule has 0 spiro atoms. The van der Waals surface area contributed by atoms with E-state index in [0.717, 1.165) is 57.0 Å². The molecule has 0 amide bonds. The summed E-state index contributed by atoms with van der Waals surface area (Å²) in [5.41, 5.74) is 17.1. The van der Waals surface area contributed by atoms with Crippen molar-refractivity contribution in [1.29, 1.82) is 0 Å². The van der Waals surface area contributed by atoms with Crippen LogP contribution < -0.4 is 13.7 Å². The van der Waals surface area contributed by atoms with Gasteiger partial charge < -0.3 is 4.74 Å². The van der Waals surface area contributed by atoms with Crippen LogP contribution in [0.1, 0.15) is 79.3 Å². The number of nitrogens with zero attached hydrogens (tertiary/aromatic N) is 4. The lowest BCUT2D eigenvalue weighted by Gasteiger charge is -2.57. The summed E-state index contributed by atoms with van der Waals surface area (Å²) < 4.78 is 20.2. The molecule has 2 bridgehead atoms. The maximum absolute atomic E-state index is 9.67. The molecule has 8 aromatic carbocycles. The SMILES string of the molecule is [2H]C(C)(C)c1cccc2c1[N@@+]1(c3c(-c4ccccc4)cccc3-c3ccccc3)[CH-][N@+]2(c2cc(Oc3ccc4c5cc(-c6ccccc6)ccc5n(-c5cc(C(C)(C)C)ccn5)c4c3)cc(C(C)(C)C)c2)C1. The quantitative estimate of drug-likeness (QED) is 0.107. The minimum absolute atomic E-state index is 0.0519. The van der Waals surface area contributed by atoms with Crippen molar-refractivity contribution < 1.29 is 6.11 Å². The number of ether oxygens (including phenoxy) is 1. The third-order valence-corrected chi connectivity index (χ3v) is 15.0. The molecule has 5 heterocycles. The van der Waals surface area contributed by atoms with Crippen LogP contribution in [0.2, 0.25) is 0 Å². The van der Waals surface area contributed by atoms with E-state index in [1.165, 1.54) is 61.6 Å². The van der Waals surface area contributed by atoms with Crippen molar-refractivity contribution in [3.63, 3.8) is 0 Å². The Hall–Kier alpha value is -7.57. The summed E-state index contributed by atoms with van der Waals surface area (Å²) in [4.78, 5) is 5.01. The largest absolute Gasteiger partial charge is 0.457 e. The van der Waals surface area contributed by atoms with Crippen LogP contribution in [-0.2, 0) is 10.8 Å². The predicted molar refractivity (Wildman–Crippen MR) is 298 cm³/mol. The summed E-state index contributed by atoms with van der Waals surface area (Å²) in [7, 11) is 0. The van der Waals surface area contributed by atoms with Gasteiger partial charge in [-0.2, -0.15) is 0 Å². The van der Waals surface area contributed by atoms with Gasteiger partial charge in [0.1, 0.15) is 28.7 Å². The molecule has 2 atom stereocenters. The van der Waals surface area contributed by atoms with Gasteiger partial charge in [0.2, 0.25) is 0 Å². The lowest BCUT2D eigenvalue weighted by Crippen LogP contribution is -2.67. The van der Waals surface area contributed by atoms with Crippen LogP contribution in [0.4, 0.5) is 22.7 Å². The van der Waals surface area contributed by atoms with Crippen molar-refractivity contribution >= 4 is 44.6 Å². The highest BCUT2D eigenvalue weighted by molar-refractivity contribution is 6.11. The molecule has 0 aliphatic carbocycles. The van der Waals surface area contributed by atoms with Crippen LogP contribution in [0.15, 0.2) is 200 Å². The van der Waals surface area contributed by atoms with E-state index in [0.29, 0.717) is 8.97 Å². The Bertz CT molecular complexity index is 3660. The first-order valence-electron chi connectivity index (χ1n) is 25.5. The standard InChI is InChI=1S/C66H61N4O/c1-44(2)54-26-19-29-61-64(54)70(63-55(46-22-14-10-15-23-46)27-18-28-56(63)47-24-16-11-17-25-47)42-69(61,43-70)51-37-50(66(6,7)8)38-53(40-51)71-52-31-32-57-58-36-48(45-20-12-9-13-21-45)30-33-59(58)68(60(57)41-52)62-39-49(34-35-67-62)65(3,4)5/h9-42,44H,43H2,1-8H3/q+1/t69-,70+/m1/s1/i44D. The monoisotopic (exact) mass is 926 g/mol. The molecule has 1 fully saturated rings. The molecule has 71 heavy (non-hydrogen) atoms. The second-order valence-corrected chi connectivity index (χ2v) is 21.9. The van der Waals surface area contributed by atoms with Crippen molar-refractivity contribution in [2.45, 2.75) is 72.1 Å². The molecule has 350 valence electrons. The molecule has 0 N–H and O–H groups in total. The normalized spacial score (nSPS) is 17.8.